The maximum absolute atomic E-state index is 13.9. The van der Waals surface area contributed by atoms with Crippen LogP contribution in [-0.2, 0) is 12.7 Å². The highest BCUT2D eigenvalue weighted by Crippen LogP contribution is 2.34. The number of rotatable bonds is 5. The molecular weight excluding hydrogens is 415 g/mol. The highest BCUT2D eigenvalue weighted by Gasteiger charge is 2.41. The third-order valence-corrected chi connectivity index (χ3v) is 4.53. The first-order chi connectivity index (χ1) is 14.8. The number of carbonyl (C=O) groups excluding carboxylic acids is 1. The van der Waals surface area contributed by atoms with Gasteiger partial charge in [0.05, 0.1) is 29.9 Å². The SMILES string of the molecule is CCn1c(NC(=O)c2cnn(-c3ccc(OC)nn3)c2C(F)(F)F)nc2ccccc21. The van der Waals surface area contributed by atoms with Gasteiger partial charge in [-0.25, -0.2) is 9.67 Å². The number of amides is 1. The summed E-state index contributed by atoms with van der Waals surface area (Å²) in [5.74, 6) is -0.947. The Morgan fingerprint density at radius 3 is 2.58 bits per heavy atom. The smallest absolute Gasteiger partial charge is 0.434 e. The first-order valence-corrected chi connectivity index (χ1v) is 9.13. The van der Waals surface area contributed by atoms with Gasteiger partial charge in [0, 0.05) is 12.6 Å². The zero-order valence-corrected chi connectivity index (χ0v) is 16.4. The Morgan fingerprint density at radius 1 is 1.16 bits per heavy atom. The number of anilines is 1. The second-order valence-corrected chi connectivity index (χ2v) is 6.37. The lowest BCUT2D eigenvalue weighted by Gasteiger charge is -2.12. The van der Waals surface area contributed by atoms with Crippen molar-refractivity contribution >= 4 is 22.9 Å². The number of aryl methyl sites for hydroxylation is 1. The summed E-state index contributed by atoms with van der Waals surface area (Å²) >= 11 is 0. The van der Waals surface area contributed by atoms with Crippen molar-refractivity contribution in [3.63, 3.8) is 0 Å². The molecule has 0 bridgehead atoms. The Labute approximate surface area is 173 Å². The predicted molar refractivity (Wildman–Crippen MR) is 104 cm³/mol. The lowest BCUT2D eigenvalue weighted by molar-refractivity contribution is -0.143. The number of fused-ring (bicyclic) bond motifs is 1. The molecule has 1 amide bonds. The first-order valence-electron chi connectivity index (χ1n) is 9.13. The fourth-order valence-electron chi connectivity index (χ4n) is 3.16. The number of halogens is 3. The summed E-state index contributed by atoms with van der Waals surface area (Å²) < 4.78 is 48.6. The summed E-state index contributed by atoms with van der Waals surface area (Å²) in [6.07, 6.45) is -4.04. The van der Waals surface area contributed by atoms with Gasteiger partial charge >= 0.3 is 6.18 Å². The number of nitrogens with zero attached hydrogens (tertiary/aromatic N) is 6. The Balaban J connectivity index is 1.74. The van der Waals surface area contributed by atoms with Gasteiger partial charge < -0.3 is 9.30 Å². The van der Waals surface area contributed by atoms with Crippen molar-refractivity contribution in [2.24, 2.45) is 0 Å². The molecule has 3 heterocycles. The van der Waals surface area contributed by atoms with E-state index in [0.29, 0.717) is 16.7 Å². The molecule has 0 aliphatic rings. The maximum atomic E-state index is 13.9. The van der Waals surface area contributed by atoms with E-state index in [9.17, 15) is 18.0 Å². The van der Waals surface area contributed by atoms with Crippen LogP contribution in [0.5, 0.6) is 5.88 Å². The van der Waals surface area contributed by atoms with E-state index < -0.39 is 23.3 Å². The van der Waals surface area contributed by atoms with Gasteiger partial charge in [0.25, 0.3) is 5.91 Å². The number of para-hydroxylation sites is 2. The molecule has 0 unspecified atom stereocenters. The van der Waals surface area contributed by atoms with Crippen molar-refractivity contribution in [3.05, 3.63) is 53.9 Å². The number of aromatic nitrogens is 6. The molecule has 0 radical (unpaired) electrons. The lowest BCUT2D eigenvalue weighted by atomic mass is 10.2. The zero-order valence-electron chi connectivity index (χ0n) is 16.4. The third kappa shape index (κ3) is 3.67. The first kappa shape index (κ1) is 20.3. The standard InChI is InChI=1S/C19H16F3N7O2/c1-3-28-13-7-5-4-6-12(13)24-18(28)25-17(30)11-10-23-29(16(11)19(20,21)22)14-8-9-15(31-2)27-26-14/h4-10H,3H2,1-2H3,(H,24,25,30). The molecule has 0 spiro atoms. The number of hydrogen-bond acceptors (Lipinski definition) is 6. The molecular formula is C19H16F3N7O2. The minimum Gasteiger partial charge on any atom is -0.480 e. The zero-order chi connectivity index (χ0) is 22.2. The summed E-state index contributed by atoms with van der Waals surface area (Å²) in [6, 6.07) is 9.74. The number of imidazole rings is 1. The molecule has 0 aliphatic carbocycles. The monoisotopic (exact) mass is 431 g/mol. The summed E-state index contributed by atoms with van der Waals surface area (Å²) in [5.41, 5.74) is -0.580. The molecule has 1 aromatic carbocycles. The minimum absolute atomic E-state index is 0.126. The van der Waals surface area contributed by atoms with E-state index in [1.54, 1.807) is 16.7 Å². The summed E-state index contributed by atoms with van der Waals surface area (Å²) in [4.78, 5) is 17.1. The molecule has 0 saturated carbocycles. The van der Waals surface area contributed by atoms with E-state index in [4.69, 9.17) is 4.74 Å². The molecule has 0 atom stereocenters. The van der Waals surface area contributed by atoms with Crippen molar-refractivity contribution in [2.75, 3.05) is 12.4 Å². The van der Waals surface area contributed by atoms with Crippen LogP contribution in [0.25, 0.3) is 16.9 Å². The topological polar surface area (TPSA) is 99.8 Å². The Hall–Kier alpha value is -3.96. The largest absolute Gasteiger partial charge is 0.480 e. The van der Waals surface area contributed by atoms with Gasteiger partial charge in [-0.3, -0.25) is 10.1 Å². The molecule has 160 valence electrons. The highest BCUT2D eigenvalue weighted by molar-refractivity contribution is 6.05. The Bertz CT molecular complexity index is 1250. The highest BCUT2D eigenvalue weighted by atomic mass is 19.4. The molecule has 1 N–H and O–H groups in total. The molecule has 0 saturated heterocycles. The molecule has 4 rings (SSSR count). The number of alkyl halides is 3. The molecule has 0 aliphatic heterocycles. The van der Waals surface area contributed by atoms with Gasteiger partial charge in [0.15, 0.2) is 11.5 Å². The fraction of sp³-hybridized carbons (Fsp3) is 0.211. The van der Waals surface area contributed by atoms with Gasteiger partial charge in [-0.1, -0.05) is 12.1 Å². The molecule has 0 fully saturated rings. The van der Waals surface area contributed by atoms with E-state index in [1.165, 1.54) is 19.2 Å². The van der Waals surface area contributed by atoms with Gasteiger partial charge in [-0.15, -0.1) is 10.2 Å². The van der Waals surface area contributed by atoms with Crippen LogP contribution in [0.2, 0.25) is 0 Å². The summed E-state index contributed by atoms with van der Waals surface area (Å²) in [5, 5.41) is 13.5. The fourth-order valence-corrected chi connectivity index (χ4v) is 3.16. The quantitative estimate of drug-likeness (QED) is 0.521. The molecule has 3 aromatic heterocycles. The van der Waals surface area contributed by atoms with E-state index in [1.807, 2.05) is 19.1 Å². The van der Waals surface area contributed by atoms with Gasteiger partial charge in [0.1, 0.15) is 0 Å². The average Bonchev–Trinajstić information content (AvgIpc) is 3.35. The van der Waals surface area contributed by atoms with E-state index >= 15 is 0 Å². The second kappa shape index (κ2) is 7.70. The Kier molecular flexibility index (Phi) is 5.05. The van der Waals surface area contributed by atoms with Gasteiger partial charge in [0.2, 0.25) is 11.8 Å². The van der Waals surface area contributed by atoms with Crippen LogP contribution in [0.15, 0.2) is 42.6 Å². The number of ether oxygens (including phenoxy) is 1. The van der Waals surface area contributed by atoms with E-state index in [-0.39, 0.29) is 17.6 Å². The second-order valence-electron chi connectivity index (χ2n) is 6.37. The van der Waals surface area contributed by atoms with E-state index in [2.05, 4.69) is 25.6 Å². The molecule has 12 heteroatoms. The van der Waals surface area contributed by atoms with Crippen molar-refractivity contribution in [1.82, 2.24) is 29.5 Å². The number of nitrogens with one attached hydrogen (secondary N) is 1. The van der Waals surface area contributed by atoms with Crippen LogP contribution in [0.4, 0.5) is 19.1 Å². The van der Waals surface area contributed by atoms with Gasteiger partial charge in [-0.2, -0.15) is 18.3 Å². The maximum Gasteiger partial charge on any atom is 0.434 e. The molecule has 31 heavy (non-hydrogen) atoms. The van der Waals surface area contributed by atoms with E-state index in [0.717, 1.165) is 11.7 Å². The normalized spacial score (nSPS) is 11.6. The van der Waals surface area contributed by atoms with Crippen LogP contribution in [0.1, 0.15) is 23.0 Å². The van der Waals surface area contributed by atoms with Crippen molar-refractivity contribution in [1.29, 1.82) is 0 Å². The van der Waals surface area contributed by atoms with Crippen molar-refractivity contribution in [3.8, 4) is 11.7 Å². The van der Waals surface area contributed by atoms with Crippen LogP contribution in [0.3, 0.4) is 0 Å². The van der Waals surface area contributed by atoms with Crippen molar-refractivity contribution in [2.45, 2.75) is 19.6 Å². The lowest BCUT2D eigenvalue weighted by Crippen LogP contribution is -2.22. The third-order valence-electron chi connectivity index (χ3n) is 4.53. The number of carbonyl (C=O) groups is 1. The summed E-state index contributed by atoms with van der Waals surface area (Å²) in [6.45, 7) is 2.30. The van der Waals surface area contributed by atoms with Crippen LogP contribution in [-0.4, -0.2) is 42.5 Å². The van der Waals surface area contributed by atoms with Crippen LogP contribution < -0.4 is 10.1 Å². The molecule has 4 aromatic rings. The van der Waals surface area contributed by atoms with Crippen LogP contribution >= 0.6 is 0 Å². The van der Waals surface area contributed by atoms with Gasteiger partial charge in [-0.05, 0) is 25.1 Å². The Morgan fingerprint density at radius 2 is 1.94 bits per heavy atom. The minimum atomic E-state index is -4.88. The van der Waals surface area contributed by atoms with Crippen LogP contribution in [0, 0.1) is 0 Å². The predicted octanol–water partition coefficient (Wildman–Crippen LogP) is 3.31. The number of benzene rings is 1. The average molecular weight is 431 g/mol. The number of methoxy groups -OCH3 is 1. The molecule has 9 nitrogen and oxygen atoms in total. The summed E-state index contributed by atoms with van der Waals surface area (Å²) in [7, 11) is 1.35. The number of hydrogen-bond donors (Lipinski definition) is 1. The van der Waals surface area contributed by atoms with Crippen molar-refractivity contribution < 1.29 is 22.7 Å².